The lowest BCUT2D eigenvalue weighted by molar-refractivity contribution is 0.372. The Morgan fingerprint density at radius 3 is 2.61 bits per heavy atom. The van der Waals surface area contributed by atoms with Gasteiger partial charge in [0.25, 0.3) is 0 Å². The molecule has 0 saturated heterocycles. The van der Waals surface area contributed by atoms with Gasteiger partial charge in [-0.05, 0) is 32.2 Å². The van der Waals surface area contributed by atoms with Crippen LogP contribution in [0.1, 0.15) is 39.8 Å². The molecule has 104 valence electrons. The van der Waals surface area contributed by atoms with Gasteiger partial charge in [-0.3, -0.25) is 4.68 Å². The Balaban J connectivity index is 2.68. The van der Waals surface area contributed by atoms with Gasteiger partial charge in [-0.15, -0.1) is 0 Å². The lowest BCUT2D eigenvalue weighted by Gasteiger charge is -2.22. The Hall–Kier alpha value is -1.03. The molecular formula is C14H27N3O. The van der Waals surface area contributed by atoms with Gasteiger partial charge < -0.3 is 10.1 Å². The average Bonchev–Trinajstić information content (AvgIpc) is 2.76. The first kappa shape index (κ1) is 15.0. The summed E-state index contributed by atoms with van der Waals surface area (Å²) in [6.45, 7) is 10.7. The summed E-state index contributed by atoms with van der Waals surface area (Å²) < 4.78 is 7.41. The van der Waals surface area contributed by atoms with E-state index in [1.165, 1.54) is 5.69 Å². The van der Waals surface area contributed by atoms with Crippen molar-refractivity contribution in [3.63, 3.8) is 0 Å². The predicted molar refractivity (Wildman–Crippen MR) is 75.1 cm³/mol. The number of methoxy groups -OCH3 is 1. The first-order valence-electron chi connectivity index (χ1n) is 6.96. The SMILES string of the molecule is CCNC(CCc1c(OC)cnn1CC)C(C)C. The standard InChI is InChI=1S/C14H27N3O/c1-6-15-12(11(3)4)8-9-13-14(18-5)10-16-17(13)7-2/h10-12,15H,6-9H2,1-5H3. The molecule has 0 amide bonds. The number of nitrogens with one attached hydrogen (secondary N) is 1. The highest BCUT2D eigenvalue weighted by Crippen LogP contribution is 2.21. The Bertz CT molecular complexity index is 325. The lowest BCUT2D eigenvalue weighted by atomic mass is 9.98. The molecular weight excluding hydrogens is 226 g/mol. The second-order valence-electron chi connectivity index (χ2n) is 4.92. The van der Waals surface area contributed by atoms with Crippen LogP contribution in [0.5, 0.6) is 5.75 Å². The van der Waals surface area contributed by atoms with Gasteiger partial charge >= 0.3 is 0 Å². The van der Waals surface area contributed by atoms with Crippen LogP contribution >= 0.6 is 0 Å². The Kier molecular flexibility index (Phi) is 6.19. The van der Waals surface area contributed by atoms with Crippen LogP contribution < -0.4 is 10.1 Å². The Labute approximate surface area is 111 Å². The zero-order valence-corrected chi connectivity index (χ0v) is 12.4. The number of rotatable bonds is 8. The van der Waals surface area contributed by atoms with Gasteiger partial charge in [0.05, 0.1) is 19.0 Å². The summed E-state index contributed by atoms with van der Waals surface area (Å²) in [5.74, 6) is 1.56. The van der Waals surface area contributed by atoms with Gasteiger partial charge in [0.1, 0.15) is 0 Å². The van der Waals surface area contributed by atoms with Gasteiger partial charge in [-0.25, -0.2) is 0 Å². The maximum atomic E-state index is 5.38. The highest BCUT2D eigenvalue weighted by Gasteiger charge is 2.16. The molecule has 18 heavy (non-hydrogen) atoms. The predicted octanol–water partition coefficient (Wildman–Crippen LogP) is 2.48. The third-order valence-corrected chi connectivity index (χ3v) is 3.39. The normalized spacial score (nSPS) is 13.0. The maximum absolute atomic E-state index is 5.38. The van der Waals surface area contributed by atoms with E-state index in [1.54, 1.807) is 7.11 Å². The lowest BCUT2D eigenvalue weighted by Crippen LogP contribution is -2.34. The molecule has 0 spiro atoms. The van der Waals surface area contributed by atoms with E-state index in [0.29, 0.717) is 12.0 Å². The van der Waals surface area contributed by atoms with Crippen molar-refractivity contribution in [1.29, 1.82) is 0 Å². The van der Waals surface area contributed by atoms with Crippen LogP contribution in [0, 0.1) is 5.92 Å². The summed E-state index contributed by atoms with van der Waals surface area (Å²) >= 11 is 0. The minimum Gasteiger partial charge on any atom is -0.493 e. The van der Waals surface area contributed by atoms with Gasteiger partial charge in [-0.2, -0.15) is 5.10 Å². The van der Waals surface area contributed by atoms with Crippen LogP contribution in [0.3, 0.4) is 0 Å². The van der Waals surface area contributed by atoms with Gasteiger partial charge in [0.15, 0.2) is 5.75 Å². The van der Waals surface area contributed by atoms with Crippen LogP contribution in [-0.2, 0) is 13.0 Å². The molecule has 1 N–H and O–H groups in total. The Morgan fingerprint density at radius 2 is 2.11 bits per heavy atom. The van der Waals surface area contributed by atoms with E-state index in [-0.39, 0.29) is 0 Å². The summed E-state index contributed by atoms with van der Waals surface area (Å²) in [6, 6.07) is 0.555. The molecule has 4 nitrogen and oxygen atoms in total. The monoisotopic (exact) mass is 253 g/mol. The first-order chi connectivity index (χ1) is 8.63. The van der Waals surface area contributed by atoms with Crippen LogP contribution in [-0.4, -0.2) is 29.5 Å². The number of aryl methyl sites for hydroxylation is 1. The summed E-state index contributed by atoms with van der Waals surface area (Å²) in [7, 11) is 1.71. The smallest absolute Gasteiger partial charge is 0.159 e. The molecule has 0 aliphatic carbocycles. The molecule has 0 aliphatic heterocycles. The number of nitrogens with zero attached hydrogens (tertiary/aromatic N) is 2. The van der Waals surface area contributed by atoms with Crippen LogP contribution in [0.15, 0.2) is 6.20 Å². The minimum absolute atomic E-state index is 0.555. The zero-order chi connectivity index (χ0) is 13.5. The topological polar surface area (TPSA) is 39.1 Å². The third kappa shape index (κ3) is 3.73. The summed E-state index contributed by atoms with van der Waals surface area (Å²) in [6.07, 6.45) is 3.94. The highest BCUT2D eigenvalue weighted by atomic mass is 16.5. The number of hydrogen-bond acceptors (Lipinski definition) is 3. The van der Waals surface area contributed by atoms with Crippen molar-refractivity contribution in [2.24, 2.45) is 5.92 Å². The van der Waals surface area contributed by atoms with Crippen LogP contribution in [0.4, 0.5) is 0 Å². The average molecular weight is 253 g/mol. The van der Waals surface area contributed by atoms with Crippen molar-refractivity contribution in [1.82, 2.24) is 15.1 Å². The maximum Gasteiger partial charge on any atom is 0.159 e. The van der Waals surface area contributed by atoms with Crippen molar-refractivity contribution in [3.05, 3.63) is 11.9 Å². The second kappa shape index (κ2) is 7.41. The number of hydrogen-bond donors (Lipinski definition) is 1. The largest absolute Gasteiger partial charge is 0.493 e. The van der Waals surface area contributed by atoms with Gasteiger partial charge in [-0.1, -0.05) is 20.8 Å². The van der Waals surface area contributed by atoms with Crippen molar-refractivity contribution in [3.8, 4) is 5.75 Å². The summed E-state index contributed by atoms with van der Waals surface area (Å²) in [5.41, 5.74) is 1.21. The molecule has 1 rings (SSSR count). The van der Waals surface area contributed by atoms with Crippen molar-refractivity contribution in [2.45, 2.75) is 53.1 Å². The fraction of sp³-hybridized carbons (Fsp3) is 0.786. The number of aromatic nitrogens is 2. The third-order valence-electron chi connectivity index (χ3n) is 3.39. The highest BCUT2D eigenvalue weighted by molar-refractivity contribution is 5.25. The molecule has 1 heterocycles. The molecule has 1 aromatic rings. The molecule has 0 saturated carbocycles. The molecule has 1 atom stereocenters. The molecule has 1 aromatic heterocycles. The molecule has 0 bridgehead atoms. The summed E-state index contributed by atoms with van der Waals surface area (Å²) in [5, 5.41) is 7.89. The number of ether oxygens (including phenoxy) is 1. The van der Waals surface area contributed by atoms with Crippen molar-refractivity contribution in [2.75, 3.05) is 13.7 Å². The first-order valence-corrected chi connectivity index (χ1v) is 6.96. The van der Waals surface area contributed by atoms with Gasteiger partial charge in [0, 0.05) is 12.6 Å². The van der Waals surface area contributed by atoms with Crippen LogP contribution in [0.2, 0.25) is 0 Å². The molecule has 1 unspecified atom stereocenters. The van der Waals surface area contributed by atoms with E-state index in [4.69, 9.17) is 4.74 Å². The van der Waals surface area contributed by atoms with Crippen molar-refractivity contribution >= 4 is 0 Å². The van der Waals surface area contributed by atoms with E-state index in [2.05, 4.69) is 38.1 Å². The fourth-order valence-electron chi connectivity index (χ4n) is 2.31. The molecule has 0 aromatic carbocycles. The second-order valence-corrected chi connectivity index (χ2v) is 4.92. The van der Waals surface area contributed by atoms with Crippen molar-refractivity contribution < 1.29 is 4.74 Å². The summed E-state index contributed by atoms with van der Waals surface area (Å²) in [4.78, 5) is 0. The quantitative estimate of drug-likeness (QED) is 0.773. The molecule has 4 heteroatoms. The van der Waals surface area contributed by atoms with E-state index in [9.17, 15) is 0 Å². The van der Waals surface area contributed by atoms with E-state index in [0.717, 1.165) is 31.7 Å². The Morgan fingerprint density at radius 1 is 1.39 bits per heavy atom. The molecule has 0 radical (unpaired) electrons. The van der Waals surface area contributed by atoms with Crippen LogP contribution in [0.25, 0.3) is 0 Å². The van der Waals surface area contributed by atoms with E-state index < -0.39 is 0 Å². The fourth-order valence-corrected chi connectivity index (χ4v) is 2.31. The van der Waals surface area contributed by atoms with E-state index >= 15 is 0 Å². The minimum atomic E-state index is 0.555. The van der Waals surface area contributed by atoms with Gasteiger partial charge in [0.2, 0.25) is 0 Å². The zero-order valence-electron chi connectivity index (χ0n) is 12.4. The molecule has 0 aliphatic rings. The van der Waals surface area contributed by atoms with E-state index in [1.807, 2.05) is 10.9 Å². The molecule has 0 fully saturated rings.